The number of amides is 1. The molecule has 0 radical (unpaired) electrons. The van der Waals surface area contributed by atoms with Gasteiger partial charge in [-0.2, -0.15) is 18.3 Å². The van der Waals surface area contributed by atoms with Gasteiger partial charge in [0.25, 0.3) is 5.91 Å². The van der Waals surface area contributed by atoms with Gasteiger partial charge >= 0.3 is 6.18 Å². The van der Waals surface area contributed by atoms with Gasteiger partial charge in [0.05, 0.1) is 17.5 Å². The summed E-state index contributed by atoms with van der Waals surface area (Å²) in [6, 6.07) is 10.4. The number of carbonyl (C=O) groups is 1. The van der Waals surface area contributed by atoms with Crippen molar-refractivity contribution in [3.63, 3.8) is 0 Å². The number of rotatable bonds is 4. The van der Waals surface area contributed by atoms with Crippen LogP contribution in [0.15, 0.2) is 42.6 Å². The number of nitrogens with zero attached hydrogens (tertiary/aromatic N) is 4. The summed E-state index contributed by atoms with van der Waals surface area (Å²) in [5.41, 5.74) is 0.954. The van der Waals surface area contributed by atoms with Crippen LogP contribution < -0.4 is 5.32 Å². The number of aromatic nitrogens is 3. The van der Waals surface area contributed by atoms with Crippen LogP contribution in [-0.4, -0.2) is 58.1 Å². The van der Waals surface area contributed by atoms with Crippen LogP contribution in [0.4, 0.5) is 24.7 Å². The lowest BCUT2D eigenvalue weighted by Gasteiger charge is -2.19. The van der Waals surface area contributed by atoms with Gasteiger partial charge in [-0.1, -0.05) is 18.2 Å². The lowest BCUT2D eigenvalue weighted by atomic mass is 10.2. The molecule has 0 saturated carbocycles. The quantitative estimate of drug-likeness (QED) is 0.700. The minimum Gasteiger partial charge on any atom is -0.380 e. The molecular weight excluding hydrogens is 399 g/mol. The van der Waals surface area contributed by atoms with Gasteiger partial charge in [0, 0.05) is 31.6 Å². The molecule has 1 aliphatic heterocycles. The van der Waals surface area contributed by atoms with Gasteiger partial charge in [0.2, 0.25) is 0 Å². The number of pyridine rings is 1. The minimum atomic E-state index is -4.46. The molecule has 1 aliphatic rings. The van der Waals surface area contributed by atoms with Gasteiger partial charge in [-0.15, -0.1) is 0 Å². The van der Waals surface area contributed by atoms with E-state index in [2.05, 4.69) is 15.4 Å². The number of hydrogen-bond acceptors (Lipinski definition) is 5. The Hall–Kier alpha value is -3.14. The first-order chi connectivity index (χ1) is 14.4. The molecule has 1 saturated heterocycles. The van der Waals surface area contributed by atoms with Gasteiger partial charge < -0.3 is 15.0 Å². The Kier molecular flexibility index (Phi) is 5.58. The summed E-state index contributed by atoms with van der Waals surface area (Å²) in [4.78, 5) is 18.7. The molecule has 0 unspecified atom stereocenters. The average Bonchev–Trinajstić information content (AvgIpc) is 2.89. The molecule has 1 aromatic carbocycles. The van der Waals surface area contributed by atoms with Gasteiger partial charge in [-0.3, -0.25) is 14.5 Å². The molecule has 1 fully saturated rings. The van der Waals surface area contributed by atoms with Crippen molar-refractivity contribution in [1.82, 2.24) is 19.7 Å². The van der Waals surface area contributed by atoms with Crippen molar-refractivity contribution in [2.75, 3.05) is 31.6 Å². The van der Waals surface area contributed by atoms with E-state index < -0.39 is 12.7 Å². The molecule has 3 heterocycles. The van der Waals surface area contributed by atoms with E-state index in [0.717, 1.165) is 4.68 Å². The average molecular weight is 419 g/mol. The van der Waals surface area contributed by atoms with Gasteiger partial charge in [-0.05, 0) is 24.6 Å². The molecule has 1 N–H and O–H groups in total. The number of para-hydroxylation sites is 1. The van der Waals surface area contributed by atoms with Crippen LogP contribution in [0.3, 0.4) is 0 Å². The summed E-state index contributed by atoms with van der Waals surface area (Å²) in [5.74, 6) is -0.0881. The largest absolute Gasteiger partial charge is 0.408 e. The maximum absolute atomic E-state index is 13.1. The standard InChI is InChI=1S/C20H20F3N5O2/c21-20(22,23)13-28-17-11-16(19(29)27-7-4-9-30-10-8-27)24-12-15(17)18(26-28)25-14-5-2-1-3-6-14/h1-3,5-6,11-12H,4,7-10,13H2,(H,25,26). The lowest BCUT2D eigenvalue weighted by molar-refractivity contribution is -0.141. The number of carbonyl (C=O) groups excluding carboxylic acids is 1. The maximum Gasteiger partial charge on any atom is 0.408 e. The molecule has 0 aliphatic carbocycles. The van der Waals surface area contributed by atoms with Crippen molar-refractivity contribution in [2.45, 2.75) is 19.1 Å². The maximum atomic E-state index is 13.1. The summed E-state index contributed by atoms with van der Waals surface area (Å²) in [6.07, 6.45) is -2.37. The van der Waals surface area contributed by atoms with Crippen molar-refractivity contribution in [2.24, 2.45) is 0 Å². The van der Waals surface area contributed by atoms with E-state index in [-0.39, 0.29) is 22.9 Å². The number of halogens is 3. The van der Waals surface area contributed by atoms with E-state index in [0.29, 0.717) is 43.8 Å². The van der Waals surface area contributed by atoms with E-state index in [1.54, 1.807) is 29.2 Å². The molecule has 1 amide bonds. The highest BCUT2D eigenvalue weighted by Crippen LogP contribution is 2.29. The molecule has 0 spiro atoms. The number of benzene rings is 1. The first kappa shape index (κ1) is 20.1. The predicted molar refractivity (Wildman–Crippen MR) is 105 cm³/mol. The van der Waals surface area contributed by atoms with Gasteiger partial charge in [0.1, 0.15) is 12.2 Å². The summed E-state index contributed by atoms with van der Waals surface area (Å²) in [7, 11) is 0. The van der Waals surface area contributed by atoms with Crippen LogP contribution >= 0.6 is 0 Å². The second-order valence-electron chi connectivity index (χ2n) is 6.96. The zero-order valence-corrected chi connectivity index (χ0v) is 16.0. The van der Waals surface area contributed by atoms with E-state index >= 15 is 0 Å². The second kappa shape index (κ2) is 8.31. The lowest BCUT2D eigenvalue weighted by Crippen LogP contribution is -2.33. The molecule has 10 heteroatoms. The normalized spacial score (nSPS) is 15.2. The van der Waals surface area contributed by atoms with E-state index in [4.69, 9.17) is 4.74 Å². The molecule has 30 heavy (non-hydrogen) atoms. The summed E-state index contributed by atoms with van der Waals surface area (Å²) in [5, 5.41) is 7.52. The number of fused-ring (bicyclic) bond motifs is 1. The van der Waals surface area contributed by atoms with E-state index in [1.165, 1.54) is 12.3 Å². The number of alkyl halides is 3. The van der Waals surface area contributed by atoms with Crippen molar-refractivity contribution in [3.05, 3.63) is 48.3 Å². The van der Waals surface area contributed by atoms with Crippen LogP contribution in [0.25, 0.3) is 10.9 Å². The SMILES string of the molecule is O=C(c1cc2c(cn1)c(Nc1ccccc1)nn2CC(F)(F)F)N1CCCOCC1. The molecule has 0 bridgehead atoms. The highest BCUT2D eigenvalue weighted by molar-refractivity contribution is 5.98. The highest BCUT2D eigenvalue weighted by Gasteiger charge is 2.30. The Bertz CT molecular complexity index is 1030. The fourth-order valence-electron chi connectivity index (χ4n) is 3.34. The monoisotopic (exact) mass is 419 g/mol. The van der Waals surface area contributed by atoms with Crippen molar-refractivity contribution in [3.8, 4) is 0 Å². The molecular formula is C20H20F3N5O2. The first-order valence-electron chi connectivity index (χ1n) is 9.53. The number of hydrogen-bond donors (Lipinski definition) is 1. The van der Waals surface area contributed by atoms with Crippen LogP contribution in [-0.2, 0) is 11.3 Å². The smallest absolute Gasteiger partial charge is 0.380 e. The fraction of sp³-hybridized carbons (Fsp3) is 0.350. The Morgan fingerprint density at radius 3 is 2.73 bits per heavy atom. The molecule has 158 valence electrons. The number of anilines is 2. The third-order valence-electron chi connectivity index (χ3n) is 4.73. The second-order valence-corrected chi connectivity index (χ2v) is 6.96. The van der Waals surface area contributed by atoms with E-state index in [9.17, 15) is 18.0 Å². The number of ether oxygens (including phenoxy) is 1. The number of nitrogens with one attached hydrogen (secondary N) is 1. The fourth-order valence-corrected chi connectivity index (χ4v) is 3.34. The van der Waals surface area contributed by atoms with Gasteiger partial charge in [-0.25, -0.2) is 0 Å². The Balaban J connectivity index is 1.71. The topological polar surface area (TPSA) is 72.3 Å². The summed E-state index contributed by atoms with van der Waals surface area (Å²) >= 11 is 0. The van der Waals surface area contributed by atoms with Crippen LogP contribution in [0, 0.1) is 0 Å². The van der Waals surface area contributed by atoms with Crippen LogP contribution in [0.1, 0.15) is 16.9 Å². The molecule has 7 nitrogen and oxygen atoms in total. The third-order valence-corrected chi connectivity index (χ3v) is 4.73. The molecule has 4 rings (SSSR count). The predicted octanol–water partition coefficient (Wildman–Crippen LogP) is 3.60. The zero-order valence-electron chi connectivity index (χ0n) is 16.0. The molecule has 0 atom stereocenters. The third kappa shape index (κ3) is 4.54. The molecule has 3 aromatic rings. The zero-order chi connectivity index (χ0) is 21.1. The Morgan fingerprint density at radius 2 is 1.97 bits per heavy atom. The van der Waals surface area contributed by atoms with Crippen molar-refractivity contribution in [1.29, 1.82) is 0 Å². The summed E-state index contributed by atoms with van der Waals surface area (Å²) < 4.78 is 45.5. The van der Waals surface area contributed by atoms with Crippen molar-refractivity contribution < 1.29 is 22.7 Å². The summed E-state index contributed by atoms with van der Waals surface area (Å²) in [6.45, 7) is 0.658. The van der Waals surface area contributed by atoms with E-state index in [1.807, 2.05) is 6.07 Å². The van der Waals surface area contributed by atoms with Gasteiger partial charge in [0.15, 0.2) is 5.82 Å². The minimum absolute atomic E-state index is 0.0824. The van der Waals surface area contributed by atoms with Crippen molar-refractivity contribution >= 4 is 28.3 Å². The highest BCUT2D eigenvalue weighted by atomic mass is 19.4. The van der Waals surface area contributed by atoms with Crippen LogP contribution in [0.5, 0.6) is 0 Å². The molecule has 2 aromatic heterocycles. The van der Waals surface area contributed by atoms with Crippen LogP contribution in [0.2, 0.25) is 0 Å². The Labute approximate surface area is 170 Å². The Morgan fingerprint density at radius 1 is 1.17 bits per heavy atom. The first-order valence-corrected chi connectivity index (χ1v) is 9.53.